The van der Waals surface area contributed by atoms with Gasteiger partial charge in [0.05, 0.1) is 0 Å². The number of hydrogen-bond donors (Lipinski definition) is 0. The molecule has 1 aliphatic carbocycles. The minimum Gasteiger partial charge on any atom is -0.158 e. The Morgan fingerprint density at radius 3 is 2.41 bits per heavy atom. The SMILES string of the molecule is CCSC1CCCCC1Sc1cccc(-c2ccccc2)c1.[HH]. The zero-order chi connectivity index (χ0) is 15.2. The lowest BCUT2D eigenvalue weighted by Gasteiger charge is -2.30. The van der Waals surface area contributed by atoms with Gasteiger partial charge in [0.25, 0.3) is 0 Å². The van der Waals surface area contributed by atoms with E-state index in [2.05, 4.69) is 85.0 Å². The van der Waals surface area contributed by atoms with Crippen molar-refractivity contribution in [1.29, 1.82) is 0 Å². The molecule has 3 rings (SSSR count). The van der Waals surface area contributed by atoms with Gasteiger partial charge in [-0.15, -0.1) is 11.8 Å². The van der Waals surface area contributed by atoms with E-state index in [9.17, 15) is 0 Å². The van der Waals surface area contributed by atoms with Crippen molar-refractivity contribution in [2.24, 2.45) is 0 Å². The average molecular weight is 331 g/mol. The monoisotopic (exact) mass is 330 g/mol. The summed E-state index contributed by atoms with van der Waals surface area (Å²) in [7, 11) is 0. The maximum absolute atomic E-state index is 2.36. The van der Waals surface area contributed by atoms with E-state index >= 15 is 0 Å². The Hall–Kier alpha value is -0.860. The van der Waals surface area contributed by atoms with Crippen LogP contribution < -0.4 is 0 Å². The summed E-state index contributed by atoms with van der Waals surface area (Å²) < 4.78 is 0. The second-order valence-corrected chi connectivity index (χ2v) is 8.66. The standard InChI is InChI=1S/C20H24S2.H2/c1-2-21-19-13-6-7-14-20(19)22-18-12-8-11-17(15-18)16-9-4-3-5-10-16;/h3-5,8-12,15,19-20H,2,6-7,13-14H2,1H3;1H. The highest BCUT2D eigenvalue weighted by molar-refractivity contribution is 8.03. The Morgan fingerprint density at radius 1 is 0.909 bits per heavy atom. The highest BCUT2D eigenvalue weighted by atomic mass is 32.2. The number of hydrogen-bond acceptors (Lipinski definition) is 2. The number of benzene rings is 2. The van der Waals surface area contributed by atoms with Crippen LogP contribution in [0, 0.1) is 0 Å². The summed E-state index contributed by atoms with van der Waals surface area (Å²) in [6.45, 7) is 2.29. The molecule has 0 heterocycles. The summed E-state index contributed by atoms with van der Waals surface area (Å²) in [6, 6.07) is 19.8. The summed E-state index contributed by atoms with van der Waals surface area (Å²) in [5.41, 5.74) is 2.65. The van der Waals surface area contributed by atoms with Gasteiger partial charge in [0.1, 0.15) is 0 Å². The molecule has 2 heteroatoms. The second-order valence-electron chi connectivity index (χ2n) is 5.83. The van der Waals surface area contributed by atoms with Crippen LogP contribution in [-0.2, 0) is 0 Å². The third-order valence-corrected chi connectivity index (χ3v) is 7.14. The molecule has 0 amide bonds. The molecule has 0 aliphatic heterocycles. The Morgan fingerprint density at radius 2 is 1.64 bits per heavy atom. The topological polar surface area (TPSA) is 0 Å². The maximum Gasteiger partial charge on any atom is 0.0213 e. The van der Waals surface area contributed by atoms with Crippen molar-refractivity contribution in [2.75, 3.05) is 5.75 Å². The van der Waals surface area contributed by atoms with Crippen LogP contribution >= 0.6 is 23.5 Å². The highest BCUT2D eigenvalue weighted by Crippen LogP contribution is 2.40. The maximum atomic E-state index is 2.36. The fourth-order valence-corrected chi connectivity index (χ4v) is 5.95. The van der Waals surface area contributed by atoms with Gasteiger partial charge in [0.15, 0.2) is 0 Å². The van der Waals surface area contributed by atoms with Crippen molar-refractivity contribution >= 4 is 23.5 Å². The summed E-state index contributed by atoms with van der Waals surface area (Å²) in [4.78, 5) is 1.43. The van der Waals surface area contributed by atoms with E-state index in [0.717, 1.165) is 10.5 Å². The van der Waals surface area contributed by atoms with Crippen LogP contribution in [0.2, 0.25) is 0 Å². The molecule has 118 valence electrons. The fourth-order valence-electron chi connectivity index (χ4n) is 3.16. The van der Waals surface area contributed by atoms with Crippen LogP contribution in [0.25, 0.3) is 11.1 Å². The van der Waals surface area contributed by atoms with E-state index in [0.29, 0.717) is 0 Å². The molecule has 1 fully saturated rings. The number of thioether (sulfide) groups is 2. The first-order valence-corrected chi connectivity index (χ1v) is 10.2. The quantitative estimate of drug-likeness (QED) is 0.594. The highest BCUT2D eigenvalue weighted by Gasteiger charge is 2.25. The summed E-state index contributed by atoms with van der Waals surface area (Å²) in [6.07, 6.45) is 5.59. The van der Waals surface area contributed by atoms with E-state index in [4.69, 9.17) is 0 Å². The molecule has 2 aromatic carbocycles. The molecule has 2 atom stereocenters. The van der Waals surface area contributed by atoms with Crippen molar-refractivity contribution in [1.82, 2.24) is 0 Å². The van der Waals surface area contributed by atoms with Gasteiger partial charge >= 0.3 is 0 Å². The van der Waals surface area contributed by atoms with Gasteiger partial charge in [0.2, 0.25) is 0 Å². The Bertz CT molecular complexity index is 583. The summed E-state index contributed by atoms with van der Waals surface area (Å²) >= 11 is 4.26. The van der Waals surface area contributed by atoms with E-state index < -0.39 is 0 Å². The first-order chi connectivity index (χ1) is 10.9. The van der Waals surface area contributed by atoms with Crippen LogP contribution in [0.3, 0.4) is 0 Å². The molecule has 22 heavy (non-hydrogen) atoms. The van der Waals surface area contributed by atoms with Gasteiger partial charge in [-0.3, -0.25) is 0 Å². The van der Waals surface area contributed by atoms with Crippen molar-refractivity contribution in [3.05, 3.63) is 54.6 Å². The Balaban J connectivity index is 0.00000192. The lowest BCUT2D eigenvalue weighted by molar-refractivity contribution is 0.528. The molecular formula is C20H26S2. The third-order valence-electron chi connectivity index (χ3n) is 4.25. The normalized spacial score (nSPS) is 21.7. The molecule has 1 aliphatic rings. The molecule has 0 radical (unpaired) electrons. The molecule has 2 aromatic rings. The average Bonchev–Trinajstić information content (AvgIpc) is 2.58. The Labute approximate surface area is 144 Å². The van der Waals surface area contributed by atoms with Crippen LogP contribution in [0.5, 0.6) is 0 Å². The second kappa shape index (κ2) is 8.12. The predicted octanol–water partition coefficient (Wildman–Crippen LogP) is 6.76. The molecule has 0 bridgehead atoms. The van der Waals surface area contributed by atoms with Crippen LogP contribution in [0.1, 0.15) is 34.0 Å². The molecule has 0 nitrogen and oxygen atoms in total. The van der Waals surface area contributed by atoms with Crippen molar-refractivity contribution in [2.45, 2.75) is 48.0 Å². The van der Waals surface area contributed by atoms with Crippen molar-refractivity contribution in [3.63, 3.8) is 0 Å². The molecular weight excluding hydrogens is 304 g/mol. The van der Waals surface area contributed by atoms with Crippen LogP contribution in [0.15, 0.2) is 59.5 Å². The van der Waals surface area contributed by atoms with Gasteiger partial charge < -0.3 is 0 Å². The summed E-state index contributed by atoms with van der Waals surface area (Å²) in [5.74, 6) is 1.24. The van der Waals surface area contributed by atoms with Crippen LogP contribution in [-0.4, -0.2) is 16.3 Å². The summed E-state index contributed by atoms with van der Waals surface area (Å²) in [5, 5.41) is 1.62. The first-order valence-electron chi connectivity index (χ1n) is 8.30. The third kappa shape index (κ3) is 4.11. The van der Waals surface area contributed by atoms with Gasteiger partial charge in [-0.2, -0.15) is 11.8 Å². The molecule has 0 spiro atoms. The van der Waals surface area contributed by atoms with Gasteiger partial charge in [0, 0.05) is 16.8 Å². The smallest absolute Gasteiger partial charge is 0.0213 e. The lowest BCUT2D eigenvalue weighted by atomic mass is 10.00. The van der Waals surface area contributed by atoms with Crippen molar-refractivity contribution < 1.29 is 1.43 Å². The molecule has 0 N–H and O–H groups in total. The fraction of sp³-hybridized carbons (Fsp3) is 0.400. The zero-order valence-electron chi connectivity index (χ0n) is 13.2. The first kappa shape index (κ1) is 16.0. The minimum absolute atomic E-state index is 0. The predicted molar refractivity (Wildman–Crippen MR) is 104 cm³/mol. The number of rotatable bonds is 5. The van der Waals surface area contributed by atoms with E-state index in [1.165, 1.54) is 47.5 Å². The van der Waals surface area contributed by atoms with E-state index in [-0.39, 0.29) is 1.43 Å². The molecule has 0 saturated heterocycles. The molecule has 1 saturated carbocycles. The van der Waals surface area contributed by atoms with Gasteiger partial charge in [-0.05, 0) is 41.9 Å². The van der Waals surface area contributed by atoms with Crippen molar-refractivity contribution in [3.8, 4) is 11.1 Å². The van der Waals surface area contributed by atoms with Gasteiger partial charge in [-0.25, -0.2) is 0 Å². The lowest BCUT2D eigenvalue weighted by Crippen LogP contribution is -2.24. The minimum atomic E-state index is 0. The Kier molecular flexibility index (Phi) is 5.91. The van der Waals surface area contributed by atoms with Gasteiger partial charge in [-0.1, -0.05) is 62.2 Å². The zero-order valence-corrected chi connectivity index (χ0v) is 14.8. The van der Waals surface area contributed by atoms with E-state index in [1.807, 2.05) is 0 Å². The van der Waals surface area contributed by atoms with E-state index in [1.54, 1.807) is 0 Å². The molecule has 2 unspecified atom stereocenters. The molecule has 0 aromatic heterocycles. The van der Waals surface area contributed by atoms with Crippen LogP contribution in [0.4, 0.5) is 0 Å². The largest absolute Gasteiger partial charge is 0.158 e.